The van der Waals surface area contributed by atoms with Crippen molar-refractivity contribution < 1.29 is 48.6 Å². The molecule has 2 aliphatic heterocycles. The Kier molecular flexibility index (Phi) is 5.54. The Bertz CT molecular complexity index is 969. The number of anilines is 1. The van der Waals surface area contributed by atoms with E-state index in [2.05, 4.69) is 4.90 Å². The number of hydrogen-bond acceptors (Lipinski definition) is 6. The molecule has 0 bridgehead atoms. The Balaban J connectivity index is 0.00000210. The fraction of sp³-hybridized carbons (Fsp3) is 0.444. The number of carbonyl (C=O) groups excluding carboxylic acids is 1. The summed E-state index contributed by atoms with van der Waals surface area (Å²) in [6.45, 7) is 5.00. The number of carbonyl (C=O) groups is 1. The van der Waals surface area contributed by atoms with Crippen molar-refractivity contribution in [2.45, 2.75) is 13.0 Å². The topological polar surface area (TPSA) is 77.8 Å². The monoisotopic (exact) mass is 383 g/mol. The Hall–Kier alpha value is -1.61. The van der Waals surface area contributed by atoms with Gasteiger partial charge in [0.1, 0.15) is 12.3 Å². The van der Waals surface area contributed by atoms with Crippen molar-refractivity contribution in [3.8, 4) is 5.75 Å². The molecule has 2 aromatic rings. The van der Waals surface area contributed by atoms with Crippen molar-refractivity contribution in [1.29, 1.82) is 0 Å². The second-order valence-corrected chi connectivity index (χ2v) is 6.95. The van der Waals surface area contributed by atoms with E-state index in [4.69, 9.17) is 4.74 Å². The van der Waals surface area contributed by atoms with Gasteiger partial charge in [0.25, 0.3) is 0 Å². The van der Waals surface area contributed by atoms with Gasteiger partial charge in [-0.25, -0.2) is 4.39 Å². The number of hydrogen-bond donors (Lipinski definition) is 0. The van der Waals surface area contributed by atoms with E-state index in [0.29, 0.717) is 30.0 Å². The molecule has 0 amide bonds. The first-order valence-electron chi connectivity index (χ1n) is 8.57. The summed E-state index contributed by atoms with van der Waals surface area (Å²) in [6.07, 6.45) is 1.28. The predicted octanol–water partition coefficient (Wildman–Crippen LogP) is -2.79. The summed E-state index contributed by atoms with van der Waals surface area (Å²) in [5.41, 5.74) is -0.441. The molecule has 1 unspecified atom stereocenters. The zero-order chi connectivity index (χ0) is 18.6. The zero-order valence-corrected chi connectivity index (χ0v) is 17.6. The molecule has 0 saturated carbocycles. The van der Waals surface area contributed by atoms with Crippen LogP contribution in [0.15, 0.2) is 17.1 Å². The minimum Gasteiger partial charge on any atom is -0.545 e. The number of halogens is 1. The Labute approximate surface area is 177 Å². The number of carboxylic acid groups (broad SMARTS) is 1. The minimum absolute atomic E-state index is 0. The van der Waals surface area contributed by atoms with Gasteiger partial charge >= 0.3 is 29.6 Å². The molecule has 1 aromatic carbocycles. The minimum atomic E-state index is -1.57. The first-order chi connectivity index (χ1) is 12.4. The third-order valence-electron chi connectivity index (χ3n) is 5.18. The maximum Gasteiger partial charge on any atom is 1.00 e. The maximum atomic E-state index is 15.0. The SMILES string of the molecule is CC1COc2c(N3CCN(C)CC3)c(F)cc3c(=O)c(C(=O)[O-])cn1c23.[Na+]. The number of ether oxygens (including phenoxy) is 1. The predicted molar refractivity (Wildman–Crippen MR) is 92.4 cm³/mol. The van der Waals surface area contributed by atoms with E-state index in [-0.39, 0.29) is 47.6 Å². The van der Waals surface area contributed by atoms with Crippen molar-refractivity contribution in [2.24, 2.45) is 0 Å². The van der Waals surface area contributed by atoms with E-state index in [1.165, 1.54) is 6.20 Å². The molecular formula is C18H19FN3NaO4. The van der Waals surface area contributed by atoms with Crippen molar-refractivity contribution in [1.82, 2.24) is 9.47 Å². The summed E-state index contributed by atoms with van der Waals surface area (Å²) >= 11 is 0. The Morgan fingerprint density at radius 1 is 1.30 bits per heavy atom. The van der Waals surface area contributed by atoms with E-state index in [0.717, 1.165) is 19.2 Å². The standard InChI is InChI=1S/C18H20FN3O4.Na/c1-10-9-26-17-14-11(16(23)12(18(24)25)8-22(10)14)7-13(19)15(17)21-5-3-20(2)4-6-21;/h7-8,10H,3-6,9H2,1-2H3,(H,24,25);/q;+1/p-1. The molecule has 1 aromatic heterocycles. The van der Waals surface area contributed by atoms with Gasteiger partial charge in [-0.3, -0.25) is 4.79 Å². The van der Waals surface area contributed by atoms with Crippen LogP contribution < -0.4 is 49.7 Å². The number of pyridine rings is 1. The van der Waals surface area contributed by atoms with Gasteiger partial charge in [0.05, 0.1) is 28.5 Å². The molecule has 138 valence electrons. The molecule has 1 saturated heterocycles. The van der Waals surface area contributed by atoms with Crippen LogP contribution in [0.4, 0.5) is 10.1 Å². The molecule has 2 aliphatic rings. The second-order valence-electron chi connectivity index (χ2n) is 6.95. The number of benzene rings is 1. The number of aromatic carboxylic acids is 1. The third kappa shape index (κ3) is 3.24. The van der Waals surface area contributed by atoms with Gasteiger partial charge in [-0.2, -0.15) is 0 Å². The molecule has 7 nitrogen and oxygen atoms in total. The maximum absolute atomic E-state index is 15.0. The van der Waals surface area contributed by atoms with Crippen LogP contribution in [0.3, 0.4) is 0 Å². The van der Waals surface area contributed by atoms with Crippen LogP contribution in [0.5, 0.6) is 5.75 Å². The number of piperazine rings is 1. The smallest absolute Gasteiger partial charge is 0.545 e. The van der Waals surface area contributed by atoms with Gasteiger partial charge in [-0.1, -0.05) is 0 Å². The molecule has 9 heteroatoms. The first-order valence-corrected chi connectivity index (χ1v) is 8.57. The second kappa shape index (κ2) is 7.43. The Morgan fingerprint density at radius 3 is 2.59 bits per heavy atom. The van der Waals surface area contributed by atoms with Gasteiger partial charge in [0.2, 0.25) is 0 Å². The summed E-state index contributed by atoms with van der Waals surface area (Å²) in [5.74, 6) is -1.83. The number of carboxylic acids is 1. The van der Waals surface area contributed by atoms with Crippen LogP contribution in [-0.4, -0.2) is 55.3 Å². The van der Waals surface area contributed by atoms with Crippen molar-refractivity contribution in [3.05, 3.63) is 33.9 Å². The van der Waals surface area contributed by atoms with Crippen LogP contribution in [0.25, 0.3) is 10.9 Å². The van der Waals surface area contributed by atoms with Crippen LogP contribution in [0, 0.1) is 5.82 Å². The molecule has 1 atom stereocenters. The molecular weight excluding hydrogens is 364 g/mol. The van der Waals surface area contributed by atoms with Gasteiger partial charge < -0.3 is 29.0 Å². The summed E-state index contributed by atoms with van der Waals surface area (Å²) in [6, 6.07) is 0.939. The number of aromatic nitrogens is 1. The molecule has 0 aliphatic carbocycles. The molecule has 0 radical (unpaired) electrons. The van der Waals surface area contributed by atoms with Gasteiger partial charge in [-0.05, 0) is 20.0 Å². The van der Waals surface area contributed by atoms with Gasteiger partial charge in [0, 0.05) is 32.4 Å². The summed E-state index contributed by atoms with van der Waals surface area (Å²) in [4.78, 5) is 27.9. The fourth-order valence-electron chi connectivity index (χ4n) is 3.68. The van der Waals surface area contributed by atoms with E-state index in [1.807, 2.05) is 18.9 Å². The molecule has 4 rings (SSSR count). The van der Waals surface area contributed by atoms with Crippen molar-refractivity contribution in [2.75, 3.05) is 44.7 Å². The Morgan fingerprint density at radius 2 is 1.96 bits per heavy atom. The van der Waals surface area contributed by atoms with E-state index in [1.54, 1.807) is 4.57 Å². The van der Waals surface area contributed by atoms with Crippen molar-refractivity contribution >= 4 is 22.6 Å². The van der Waals surface area contributed by atoms with E-state index in [9.17, 15) is 19.1 Å². The van der Waals surface area contributed by atoms with Gasteiger partial charge in [-0.15, -0.1) is 0 Å². The zero-order valence-electron chi connectivity index (χ0n) is 15.6. The number of rotatable bonds is 2. The fourth-order valence-corrected chi connectivity index (χ4v) is 3.68. The average molecular weight is 383 g/mol. The third-order valence-corrected chi connectivity index (χ3v) is 5.18. The normalized spacial score (nSPS) is 19.5. The van der Waals surface area contributed by atoms with E-state index >= 15 is 0 Å². The molecule has 1 fully saturated rings. The average Bonchev–Trinajstić information content (AvgIpc) is 2.60. The molecule has 0 N–H and O–H groups in total. The summed E-state index contributed by atoms with van der Waals surface area (Å²) < 4.78 is 22.5. The number of nitrogens with zero attached hydrogens (tertiary/aromatic N) is 3. The quantitative estimate of drug-likeness (QED) is 0.522. The number of likely N-dealkylation sites (N-methyl/N-ethyl adjacent to an activating group) is 1. The van der Waals surface area contributed by atoms with Crippen LogP contribution >= 0.6 is 0 Å². The van der Waals surface area contributed by atoms with Crippen molar-refractivity contribution in [3.63, 3.8) is 0 Å². The van der Waals surface area contributed by atoms with Crippen LogP contribution in [-0.2, 0) is 0 Å². The van der Waals surface area contributed by atoms with E-state index < -0.39 is 22.8 Å². The first kappa shape index (κ1) is 20.1. The largest absolute Gasteiger partial charge is 1.00 e. The summed E-state index contributed by atoms with van der Waals surface area (Å²) in [7, 11) is 2.01. The summed E-state index contributed by atoms with van der Waals surface area (Å²) in [5, 5.41) is 11.3. The van der Waals surface area contributed by atoms with Crippen LogP contribution in [0.1, 0.15) is 23.3 Å². The molecule has 3 heterocycles. The van der Waals surface area contributed by atoms with Crippen LogP contribution in [0.2, 0.25) is 0 Å². The molecule has 27 heavy (non-hydrogen) atoms. The van der Waals surface area contributed by atoms with Gasteiger partial charge in [0.15, 0.2) is 17.0 Å². The molecule has 0 spiro atoms.